The van der Waals surface area contributed by atoms with Crippen LogP contribution in [-0.2, 0) is 22.2 Å². The molecule has 0 saturated heterocycles. The van der Waals surface area contributed by atoms with Gasteiger partial charge in [-0.1, -0.05) is 12.1 Å². The van der Waals surface area contributed by atoms with Crippen molar-refractivity contribution in [3.05, 3.63) is 47.3 Å². The SMILES string of the molecule is Cc1[nH]ncc1CCCNS(=O)(=O)Cc1ccc(N)cc1. The number of nitrogens with two attached hydrogens (primary N) is 1. The van der Waals surface area contributed by atoms with Gasteiger partial charge in [0.15, 0.2) is 0 Å². The van der Waals surface area contributed by atoms with E-state index in [4.69, 9.17) is 5.73 Å². The molecule has 0 fully saturated rings. The Labute approximate surface area is 124 Å². The van der Waals surface area contributed by atoms with Gasteiger partial charge in [0.2, 0.25) is 10.0 Å². The summed E-state index contributed by atoms with van der Waals surface area (Å²) in [7, 11) is -3.31. The number of H-pyrrole nitrogens is 1. The minimum absolute atomic E-state index is 0.0297. The molecule has 0 unspecified atom stereocenters. The van der Waals surface area contributed by atoms with Crippen LogP contribution < -0.4 is 10.5 Å². The van der Waals surface area contributed by atoms with Crippen LogP contribution in [0.3, 0.4) is 0 Å². The van der Waals surface area contributed by atoms with Crippen LogP contribution in [0.5, 0.6) is 0 Å². The summed E-state index contributed by atoms with van der Waals surface area (Å²) < 4.78 is 26.5. The van der Waals surface area contributed by atoms with Gasteiger partial charge >= 0.3 is 0 Å². The summed E-state index contributed by atoms with van der Waals surface area (Å²) in [5, 5.41) is 6.80. The van der Waals surface area contributed by atoms with Crippen molar-refractivity contribution in [3.8, 4) is 0 Å². The number of aromatic amines is 1. The average molecular weight is 308 g/mol. The first-order valence-corrected chi connectivity index (χ1v) is 8.42. The van der Waals surface area contributed by atoms with Crippen LogP contribution in [0.4, 0.5) is 5.69 Å². The first-order valence-electron chi connectivity index (χ1n) is 6.77. The number of benzene rings is 1. The van der Waals surface area contributed by atoms with E-state index < -0.39 is 10.0 Å². The Hall–Kier alpha value is -1.86. The molecule has 7 heteroatoms. The van der Waals surface area contributed by atoms with Crippen LogP contribution in [0.1, 0.15) is 23.2 Å². The van der Waals surface area contributed by atoms with E-state index in [0.29, 0.717) is 12.2 Å². The Balaban J connectivity index is 1.79. The molecule has 0 saturated carbocycles. The van der Waals surface area contributed by atoms with Gasteiger partial charge in [0.1, 0.15) is 0 Å². The lowest BCUT2D eigenvalue weighted by Crippen LogP contribution is -2.26. The Bertz CT molecular complexity index is 677. The predicted molar refractivity (Wildman–Crippen MR) is 83.1 cm³/mol. The number of rotatable bonds is 7. The second kappa shape index (κ2) is 6.73. The molecular weight excluding hydrogens is 288 g/mol. The maximum absolute atomic E-state index is 12.0. The lowest BCUT2D eigenvalue weighted by atomic mass is 10.1. The maximum Gasteiger partial charge on any atom is 0.215 e. The largest absolute Gasteiger partial charge is 0.399 e. The second-order valence-electron chi connectivity index (χ2n) is 5.02. The number of anilines is 1. The zero-order chi connectivity index (χ0) is 15.3. The van der Waals surface area contributed by atoms with Crippen molar-refractivity contribution >= 4 is 15.7 Å². The van der Waals surface area contributed by atoms with Crippen molar-refractivity contribution in [2.45, 2.75) is 25.5 Å². The molecule has 6 nitrogen and oxygen atoms in total. The van der Waals surface area contributed by atoms with Gasteiger partial charge in [0, 0.05) is 17.9 Å². The number of sulfonamides is 1. The summed E-state index contributed by atoms with van der Waals surface area (Å²) in [4.78, 5) is 0. The van der Waals surface area contributed by atoms with Crippen LogP contribution in [0, 0.1) is 6.92 Å². The lowest BCUT2D eigenvalue weighted by molar-refractivity contribution is 0.578. The zero-order valence-corrected chi connectivity index (χ0v) is 12.8. The molecule has 0 amide bonds. The minimum Gasteiger partial charge on any atom is -0.399 e. The van der Waals surface area contributed by atoms with E-state index in [0.717, 1.165) is 29.7 Å². The smallest absolute Gasteiger partial charge is 0.215 e. The van der Waals surface area contributed by atoms with E-state index in [-0.39, 0.29) is 5.75 Å². The summed E-state index contributed by atoms with van der Waals surface area (Å²) in [6.07, 6.45) is 3.31. The van der Waals surface area contributed by atoms with Crippen LogP contribution in [-0.4, -0.2) is 25.2 Å². The van der Waals surface area contributed by atoms with Crippen LogP contribution in [0.25, 0.3) is 0 Å². The van der Waals surface area contributed by atoms with E-state index in [1.807, 2.05) is 6.92 Å². The molecule has 0 radical (unpaired) electrons. The molecule has 2 rings (SSSR count). The van der Waals surface area contributed by atoms with E-state index in [1.54, 1.807) is 30.5 Å². The van der Waals surface area contributed by atoms with Gasteiger partial charge < -0.3 is 5.73 Å². The highest BCUT2D eigenvalue weighted by Crippen LogP contribution is 2.09. The summed E-state index contributed by atoms with van der Waals surface area (Å²) in [6, 6.07) is 6.85. The van der Waals surface area contributed by atoms with Gasteiger partial charge in [-0.25, -0.2) is 13.1 Å². The van der Waals surface area contributed by atoms with Crippen molar-refractivity contribution in [2.24, 2.45) is 0 Å². The second-order valence-corrected chi connectivity index (χ2v) is 6.83. The highest BCUT2D eigenvalue weighted by Gasteiger charge is 2.11. The van der Waals surface area contributed by atoms with E-state index in [1.165, 1.54) is 0 Å². The highest BCUT2D eigenvalue weighted by atomic mass is 32.2. The number of nitrogens with one attached hydrogen (secondary N) is 2. The van der Waals surface area contributed by atoms with Crippen molar-refractivity contribution < 1.29 is 8.42 Å². The molecule has 0 aliphatic heterocycles. The third-order valence-electron chi connectivity index (χ3n) is 3.22. The molecule has 0 aliphatic rings. The normalized spacial score (nSPS) is 11.7. The summed E-state index contributed by atoms with van der Waals surface area (Å²) in [5.41, 5.74) is 9.07. The number of aryl methyl sites for hydroxylation is 2. The van der Waals surface area contributed by atoms with Gasteiger partial charge in [-0.3, -0.25) is 5.10 Å². The monoisotopic (exact) mass is 308 g/mol. The van der Waals surface area contributed by atoms with Crippen molar-refractivity contribution in [1.82, 2.24) is 14.9 Å². The van der Waals surface area contributed by atoms with Gasteiger partial charge in [-0.05, 0) is 43.0 Å². The summed E-state index contributed by atoms with van der Waals surface area (Å²) in [5.74, 6) is -0.0297. The standard InChI is InChI=1S/C14H20N4O2S/c1-11-13(9-16-18-11)3-2-8-17-21(19,20)10-12-4-6-14(15)7-5-12/h4-7,9,17H,2-3,8,10,15H2,1H3,(H,16,18). The number of aromatic nitrogens is 2. The average Bonchev–Trinajstić information content (AvgIpc) is 2.83. The number of hydrogen-bond donors (Lipinski definition) is 3. The molecule has 2 aromatic rings. The van der Waals surface area contributed by atoms with E-state index in [9.17, 15) is 8.42 Å². The highest BCUT2D eigenvalue weighted by molar-refractivity contribution is 7.88. The Morgan fingerprint density at radius 1 is 1.29 bits per heavy atom. The molecule has 1 heterocycles. The van der Waals surface area contributed by atoms with Crippen molar-refractivity contribution in [3.63, 3.8) is 0 Å². The minimum atomic E-state index is -3.31. The molecular formula is C14H20N4O2S. The van der Waals surface area contributed by atoms with Gasteiger partial charge in [0.05, 0.1) is 11.9 Å². The molecule has 0 bridgehead atoms. The molecule has 21 heavy (non-hydrogen) atoms. The third-order valence-corrected chi connectivity index (χ3v) is 4.57. The first-order chi connectivity index (χ1) is 9.96. The lowest BCUT2D eigenvalue weighted by Gasteiger charge is -2.07. The predicted octanol–water partition coefficient (Wildman–Crippen LogP) is 1.35. The Morgan fingerprint density at radius 3 is 2.62 bits per heavy atom. The number of nitrogen functional groups attached to an aromatic ring is 1. The maximum atomic E-state index is 12.0. The fourth-order valence-electron chi connectivity index (χ4n) is 2.02. The topological polar surface area (TPSA) is 101 Å². The van der Waals surface area contributed by atoms with Crippen LogP contribution in [0.2, 0.25) is 0 Å². The molecule has 4 N–H and O–H groups in total. The first kappa shape index (κ1) is 15.5. The van der Waals surface area contributed by atoms with Crippen molar-refractivity contribution in [2.75, 3.05) is 12.3 Å². The molecule has 0 aliphatic carbocycles. The van der Waals surface area contributed by atoms with Crippen LogP contribution in [0.15, 0.2) is 30.5 Å². The molecule has 0 atom stereocenters. The number of hydrogen-bond acceptors (Lipinski definition) is 4. The summed E-state index contributed by atoms with van der Waals surface area (Å²) in [6.45, 7) is 2.37. The van der Waals surface area contributed by atoms with Gasteiger partial charge in [-0.15, -0.1) is 0 Å². The van der Waals surface area contributed by atoms with Crippen LogP contribution >= 0.6 is 0 Å². The quantitative estimate of drug-likeness (QED) is 0.531. The van der Waals surface area contributed by atoms with E-state index in [2.05, 4.69) is 14.9 Å². The molecule has 1 aromatic carbocycles. The summed E-state index contributed by atoms with van der Waals surface area (Å²) >= 11 is 0. The molecule has 114 valence electrons. The Morgan fingerprint density at radius 2 is 2.00 bits per heavy atom. The fraction of sp³-hybridized carbons (Fsp3) is 0.357. The third kappa shape index (κ3) is 4.87. The van der Waals surface area contributed by atoms with Gasteiger partial charge in [-0.2, -0.15) is 5.10 Å². The van der Waals surface area contributed by atoms with Gasteiger partial charge in [0.25, 0.3) is 0 Å². The molecule has 0 spiro atoms. The van der Waals surface area contributed by atoms with Crippen molar-refractivity contribution in [1.29, 1.82) is 0 Å². The fourth-order valence-corrected chi connectivity index (χ4v) is 3.21. The number of nitrogens with zero attached hydrogens (tertiary/aromatic N) is 1. The van der Waals surface area contributed by atoms with E-state index >= 15 is 0 Å². The molecule has 1 aromatic heterocycles. The zero-order valence-electron chi connectivity index (χ0n) is 12.0. The Kier molecular flexibility index (Phi) is 4.98.